The van der Waals surface area contributed by atoms with Gasteiger partial charge in [0.2, 0.25) is 0 Å². The van der Waals surface area contributed by atoms with Crippen LogP contribution in [0.1, 0.15) is 42.9 Å². The summed E-state index contributed by atoms with van der Waals surface area (Å²) in [6, 6.07) is 13.0. The quantitative estimate of drug-likeness (QED) is 0.690. The summed E-state index contributed by atoms with van der Waals surface area (Å²) in [4.78, 5) is 27.5. The molecule has 0 atom stereocenters. The maximum Gasteiger partial charge on any atom is 0.275 e. The zero-order valence-electron chi connectivity index (χ0n) is 15.6. The average Bonchev–Trinajstić information content (AvgIpc) is 2.66. The van der Waals surface area contributed by atoms with E-state index in [0.29, 0.717) is 22.9 Å². The van der Waals surface area contributed by atoms with Gasteiger partial charge in [-0.15, -0.1) is 0 Å². The Morgan fingerprint density at radius 2 is 1.85 bits per heavy atom. The molecule has 0 N–H and O–H groups in total. The molecule has 27 heavy (non-hydrogen) atoms. The molecule has 5 nitrogen and oxygen atoms in total. The summed E-state index contributed by atoms with van der Waals surface area (Å²) in [5.41, 5.74) is 0.717. The lowest BCUT2D eigenvalue weighted by Crippen LogP contribution is -2.34. The van der Waals surface area contributed by atoms with E-state index in [1.165, 1.54) is 16.8 Å². The number of rotatable bonds is 5. The van der Waals surface area contributed by atoms with Gasteiger partial charge in [-0.3, -0.25) is 9.59 Å². The van der Waals surface area contributed by atoms with Gasteiger partial charge in [0.1, 0.15) is 5.82 Å². The first-order chi connectivity index (χ1) is 12.9. The van der Waals surface area contributed by atoms with Gasteiger partial charge < -0.3 is 4.90 Å². The SMILES string of the molecule is CCN(Cc1cccc(F)c1)C(=O)c1nn(C(C)C)c(=O)c2ccccc12. The Bertz CT molecular complexity index is 1040. The highest BCUT2D eigenvalue weighted by Gasteiger charge is 2.22. The van der Waals surface area contributed by atoms with Crippen LogP contribution in [0.5, 0.6) is 0 Å². The molecule has 0 radical (unpaired) electrons. The maximum atomic E-state index is 13.5. The molecular weight excluding hydrogens is 345 g/mol. The molecule has 0 spiro atoms. The van der Waals surface area contributed by atoms with Gasteiger partial charge in [-0.1, -0.05) is 30.3 Å². The van der Waals surface area contributed by atoms with Crippen molar-refractivity contribution in [1.29, 1.82) is 0 Å². The van der Waals surface area contributed by atoms with Gasteiger partial charge in [0, 0.05) is 18.5 Å². The van der Waals surface area contributed by atoms with Crippen molar-refractivity contribution in [3.63, 3.8) is 0 Å². The van der Waals surface area contributed by atoms with Gasteiger partial charge in [0.15, 0.2) is 5.69 Å². The number of aromatic nitrogens is 2. The molecule has 3 aromatic rings. The van der Waals surface area contributed by atoms with Crippen molar-refractivity contribution in [3.8, 4) is 0 Å². The minimum absolute atomic E-state index is 0.174. The van der Waals surface area contributed by atoms with Crippen LogP contribution >= 0.6 is 0 Å². The normalized spacial score (nSPS) is 11.1. The fraction of sp³-hybridized carbons (Fsp3) is 0.286. The van der Waals surface area contributed by atoms with Gasteiger partial charge >= 0.3 is 0 Å². The predicted molar refractivity (Wildman–Crippen MR) is 103 cm³/mol. The van der Waals surface area contributed by atoms with Crippen LogP contribution in [0.3, 0.4) is 0 Å². The van der Waals surface area contributed by atoms with Crippen LogP contribution in [0.15, 0.2) is 53.3 Å². The predicted octanol–water partition coefficient (Wildman–Crippen LogP) is 3.78. The number of carbonyl (C=O) groups is 1. The van der Waals surface area contributed by atoms with E-state index in [2.05, 4.69) is 5.10 Å². The summed E-state index contributed by atoms with van der Waals surface area (Å²) in [7, 11) is 0. The van der Waals surface area contributed by atoms with Gasteiger partial charge in [-0.2, -0.15) is 5.10 Å². The van der Waals surface area contributed by atoms with Crippen molar-refractivity contribution >= 4 is 16.7 Å². The molecule has 0 aliphatic heterocycles. The number of benzene rings is 2. The molecule has 2 aromatic carbocycles. The third-order valence-electron chi connectivity index (χ3n) is 4.45. The van der Waals surface area contributed by atoms with Crippen LogP contribution in [0.25, 0.3) is 10.8 Å². The first kappa shape index (κ1) is 18.8. The zero-order valence-corrected chi connectivity index (χ0v) is 15.6. The fourth-order valence-electron chi connectivity index (χ4n) is 3.05. The van der Waals surface area contributed by atoms with Gasteiger partial charge in [-0.05, 0) is 44.5 Å². The Morgan fingerprint density at radius 1 is 1.15 bits per heavy atom. The molecule has 6 heteroatoms. The van der Waals surface area contributed by atoms with Crippen molar-refractivity contribution in [2.45, 2.75) is 33.4 Å². The van der Waals surface area contributed by atoms with E-state index in [1.54, 1.807) is 41.3 Å². The number of hydrogen-bond donors (Lipinski definition) is 0. The second-order valence-corrected chi connectivity index (χ2v) is 6.69. The molecular formula is C21H22FN3O2. The standard InChI is InChI=1S/C21H22FN3O2/c1-4-24(13-15-8-7-9-16(22)12-15)21(27)19-17-10-5-6-11-18(17)20(26)25(23-19)14(2)3/h5-12,14H,4,13H2,1-3H3. The van der Waals surface area contributed by atoms with Crippen molar-refractivity contribution in [3.05, 3.63) is 76.0 Å². The lowest BCUT2D eigenvalue weighted by atomic mass is 10.1. The molecule has 0 fully saturated rings. The van der Waals surface area contributed by atoms with Crippen molar-refractivity contribution in [2.75, 3.05) is 6.54 Å². The molecule has 0 aliphatic rings. The summed E-state index contributed by atoms with van der Waals surface area (Å²) < 4.78 is 14.8. The summed E-state index contributed by atoms with van der Waals surface area (Å²) >= 11 is 0. The molecule has 1 heterocycles. The number of amides is 1. The number of halogens is 1. The van der Waals surface area contributed by atoms with Crippen molar-refractivity contribution in [1.82, 2.24) is 14.7 Å². The number of carbonyl (C=O) groups excluding carboxylic acids is 1. The topological polar surface area (TPSA) is 55.2 Å². The minimum Gasteiger partial charge on any atom is -0.333 e. The maximum absolute atomic E-state index is 13.5. The second kappa shape index (κ2) is 7.70. The van der Waals surface area contributed by atoms with E-state index in [9.17, 15) is 14.0 Å². The highest BCUT2D eigenvalue weighted by molar-refractivity contribution is 6.04. The summed E-state index contributed by atoms with van der Waals surface area (Å²) in [6.45, 7) is 6.26. The van der Waals surface area contributed by atoms with Crippen molar-refractivity contribution < 1.29 is 9.18 Å². The summed E-state index contributed by atoms with van der Waals surface area (Å²) in [5, 5.41) is 5.36. The molecule has 0 saturated heterocycles. The smallest absolute Gasteiger partial charge is 0.275 e. The molecule has 1 amide bonds. The van der Waals surface area contributed by atoms with E-state index < -0.39 is 0 Å². The summed E-state index contributed by atoms with van der Waals surface area (Å²) in [6.07, 6.45) is 0. The van der Waals surface area contributed by atoms with E-state index in [0.717, 1.165) is 0 Å². The highest BCUT2D eigenvalue weighted by atomic mass is 19.1. The first-order valence-electron chi connectivity index (χ1n) is 8.97. The Kier molecular flexibility index (Phi) is 5.35. The Balaban J connectivity index is 2.08. The first-order valence-corrected chi connectivity index (χ1v) is 8.97. The van der Waals surface area contributed by atoms with E-state index in [4.69, 9.17) is 0 Å². The van der Waals surface area contributed by atoms with Crippen LogP contribution in [0.2, 0.25) is 0 Å². The van der Waals surface area contributed by atoms with Crippen molar-refractivity contribution in [2.24, 2.45) is 0 Å². The molecule has 1 aromatic heterocycles. The third kappa shape index (κ3) is 3.74. The molecule has 0 aliphatic carbocycles. The average molecular weight is 367 g/mol. The Labute approximate surface area is 157 Å². The Hall–Kier alpha value is -3.02. The number of hydrogen-bond acceptors (Lipinski definition) is 3. The van der Waals surface area contributed by atoms with Gasteiger partial charge in [-0.25, -0.2) is 9.07 Å². The third-order valence-corrected chi connectivity index (χ3v) is 4.45. The molecule has 0 saturated carbocycles. The van der Waals surface area contributed by atoms with E-state index in [-0.39, 0.29) is 35.6 Å². The fourth-order valence-corrected chi connectivity index (χ4v) is 3.05. The Morgan fingerprint density at radius 3 is 2.48 bits per heavy atom. The molecule has 0 bridgehead atoms. The summed E-state index contributed by atoms with van der Waals surface area (Å²) in [5.74, 6) is -0.625. The largest absolute Gasteiger partial charge is 0.333 e. The van der Waals surface area contributed by atoms with Crippen LogP contribution in [-0.2, 0) is 6.54 Å². The lowest BCUT2D eigenvalue weighted by Gasteiger charge is -2.22. The minimum atomic E-state index is -0.340. The second-order valence-electron chi connectivity index (χ2n) is 6.69. The monoisotopic (exact) mass is 367 g/mol. The molecule has 0 unspecified atom stereocenters. The van der Waals surface area contributed by atoms with Gasteiger partial charge in [0.05, 0.1) is 11.4 Å². The lowest BCUT2D eigenvalue weighted by molar-refractivity contribution is 0.0745. The number of nitrogens with zero attached hydrogens (tertiary/aromatic N) is 3. The van der Waals surface area contributed by atoms with Crippen LogP contribution in [0.4, 0.5) is 4.39 Å². The van der Waals surface area contributed by atoms with Crippen LogP contribution in [-0.4, -0.2) is 27.1 Å². The molecule has 3 rings (SSSR count). The van der Waals surface area contributed by atoms with Gasteiger partial charge in [0.25, 0.3) is 11.5 Å². The highest BCUT2D eigenvalue weighted by Crippen LogP contribution is 2.18. The molecule has 140 valence electrons. The van der Waals surface area contributed by atoms with E-state index >= 15 is 0 Å². The van der Waals surface area contributed by atoms with Crippen LogP contribution in [0, 0.1) is 5.82 Å². The van der Waals surface area contributed by atoms with Crippen LogP contribution < -0.4 is 5.56 Å². The number of fused-ring (bicyclic) bond motifs is 1. The van der Waals surface area contributed by atoms with E-state index in [1.807, 2.05) is 20.8 Å². The zero-order chi connectivity index (χ0) is 19.6.